The van der Waals surface area contributed by atoms with Crippen molar-refractivity contribution in [2.45, 2.75) is 31.3 Å². The van der Waals surface area contributed by atoms with Crippen LogP contribution in [0, 0.1) is 5.92 Å². The van der Waals surface area contributed by atoms with E-state index in [-0.39, 0.29) is 18.5 Å². The summed E-state index contributed by atoms with van der Waals surface area (Å²) in [5.41, 5.74) is 1.47. The highest BCUT2D eigenvalue weighted by atomic mass is 35.5. The molecule has 0 unspecified atom stereocenters. The van der Waals surface area contributed by atoms with Crippen LogP contribution < -0.4 is 10.2 Å². The van der Waals surface area contributed by atoms with Gasteiger partial charge in [0.1, 0.15) is 17.1 Å². The van der Waals surface area contributed by atoms with Gasteiger partial charge in [-0.25, -0.2) is 9.78 Å². The molecule has 2 fully saturated rings. The highest BCUT2D eigenvalue weighted by Gasteiger charge is 2.47. The molecule has 7 nitrogen and oxygen atoms in total. The summed E-state index contributed by atoms with van der Waals surface area (Å²) in [6.07, 6.45) is 5.12. The lowest BCUT2D eigenvalue weighted by atomic mass is 9.78. The molecule has 1 saturated carbocycles. The monoisotopic (exact) mass is 440 g/mol. The maximum Gasteiger partial charge on any atom is 0.416 e. The molecule has 1 spiro atoms. The summed E-state index contributed by atoms with van der Waals surface area (Å²) >= 11 is 0. The van der Waals surface area contributed by atoms with Gasteiger partial charge in [-0.3, -0.25) is 4.90 Å². The molecule has 0 radical (unpaired) electrons. The topological polar surface area (TPSA) is 80.5 Å². The van der Waals surface area contributed by atoms with E-state index in [2.05, 4.69) is 15.5 Å². The Morgan fingerprint density at radius 2 is 1.87 bits per heavy atom. The maximum atomic E-state index is 12.4. The Labute approximate surface area is 187 Å². The molecule has 0 atom stereocenters. The molecule has 1 aliphatic carbocycles. The summed E-state index contributed by atoms with van der Waals surface area (Å²) in [4.78, 5) is 18.3. The minimum absolute atomic E-state index is 0. The van der Waals surface area contributed by atoms with Crippen LogP contribution >= 0.6 is 12.4 Å². The largest absolute Gasteiger partial charge is 0.441 e. The van der Waals surface area contributed by atoms with E-state index in [1.807, 2.05) is 54.6 Å². The van der Waals surface area contributed by atoms with Gasteiger partial charge in [0.25, 0.3) is 0 Å². The Morgan fingerprint density at radius 3 is 2.61 bits per heavy atom. The van der Waals surface area contributed by atoms with Gasteiger partial charge in [0.15, 0.2) is 0 Å². The Bertz CT molecular complexity index is 1000. The highest BCUT2D eigenvalue weighted by Crippen LogP contribution is 2.40. The van der Waals surface area contributed by atoms with E-state index in [1.165, 1.54) is 0 Å². The number of ether oxygens (including phenoxy) is 1. The zero-order valence-corrected chi connectivity index (χ0v) is 17.9. The first-order chi connectivity index (χ1) is 14.7. The van der Waals surface area contributed by atoms with Gasteiger partial charge in [-0.05, 0) is 43.7 Å². The van der Waals surface area contributed by atoms with Gasteiger partial charge in [-0.15, -0.1) is 12.4 Å². The normalized spacial score (nSPS) is 22.8. The van der Waals surface area contributed by atoms with Crippen molar-refractivity contribution in [2.75, 3.05) is 23.3 Å². The van der Waals surface area contributed by atoms with Crippen molar-refractivity contribution in [1.29, 1.82) is 0 Å². The SMILES string of the molecule is Cl.O=C1O[C@]2(CC[C@H](CNc3cc(-c4ccccc4)no3)CC2)CN1c1ccccn1. The summed E-state index contributed by atoms with van der Waals surface area (Å²) in [5, 5.41) is 7.52. The number of nitrogens with zero attached hydrogens (tertiary/aromatic N) is 3. The van der Waals surface area contributed by atoms with Crippen LogP contribution in [0.25, 0.3) is 11.3 Å². The number of benzene rings is 1. The lowest BCUT2D eigenvalue weighted by Gasteiger charge is -2.35. The summed E-state index contributed by atoms with van der Waals surface area (Å²) in [5.74, 6) is 1.84. The molecule has 3 aromatic rings. The van der Waals surface area contributed by atoms with E-state index >= 15 is 0 Å². The molecular formula is C23H25ClN4O3. The van der Waals surface area contributed by atoms with Gasteiger partial charge in [0.2, 0.25) is 5.88 Å². The van der Waals surface area contributed by atoms with Crippen LogP contribution in [-0.4, -0.2) is 34.9 Å². The van der Waals surface area contributed by atoms with E-state index in [0.717, 1.165) is 43.5 Å². The Kier molecular flexibility index (Phi) is 6.13. The summed E-state index contributed by atoms with van der Waals surface area (Å²) in [7, 11) is 0. The van der Waals surface area contributed by atoms with Crippen molar-refractivity contribution in [3.8, 4) is 11.3 Å². The maximum absolute atomic E-state index is 12.4. The number of hydrogen-bond donors (Lipinski definition) is 1. The first kappa shape index (κ1) is 21.2. The average molecular weight is 441 g/mol. The Morgan fingerprint density at radius 1 is 1.10 bits per heavy atom. The zero-order valence-electron chi connectivity index (χ0n) is 17.1. The standard InChI is InChI=1S/C23H24N4O3.ClH/c28-22-27(20-8-4-5-13-24-20)16-23(29-22)11-9-17(10-12-23)15-25-21-14-19(26-30-21)18-6-2-1-3-7-18;/h1-8,13-14,17,25H,9-12,15-16H2;1H/t17-,23-;. The van der Waals surface area contributed by atoms with Gasteiger partial charge in [-0.1, -0.05) is 41.6 Å². The van der Waals surface area contributed by atoms with Gasteiger partial charge in [0, 0.05) is 24.4 Å². The smallest absolute Gasteiger partial charge is 0.416 e. The number of pyridine rings is 1. The fourth-order valence-corrected chi connectivity index (χ4v) is 4.33. The third-order valence-electron chi connectivity index (χ3n) is 6.06. The molecule has 1 N–H and O–H groups in total. The number of carbonyl (C=O) groups excluding carboxylic acids is 1. The molecule has 1 aromatic carbocycles. The highest BCUT2D eigenvalue weighted by molar-refractivity contribution is 5.89. The molecule has 162 valence electrons. The van der Waals surface area contributed by atoms with Crippen molar-refractivity contribution in [3.05, 3.63) is 60.8 Å². The predicted molar refractivity (Wildman–Crippen MR) is 120 cm³/mol. The fourth-order valence-electron chi connectivity index (χ4n) is 4.33. The molecule has 3 heterocycles. The van der Waals surface area contributed by atoms with E-state index in [0.29, 0.717) is 24.2 Å². The lowest BCUT2D eigenvalue weighted by molar-refractivity contribution is 0.0148. The molecular weight excluding hydrogens is 416 g/mol. The first-order valence-electron chi connectivity index (χ1n) is 10.4. The molecule has 1 saturated heterocycles. The first-order valence-corrected chi connectivity index (χ1v) is 10.4. The average Bonchev–Trinajstić information content (AvgIpc) is 3.39. The molecule has 1 aliphatic heterocycles. The van der Waals surface area contributed by atoms with Crippen LogP contribution in [0.15, 0.2) is 65.3 Å². The molecule has 2 aliphatic rings. The van der Waals surface area contributed by atoms with Crippen LogP contribution in [0.5, 0.6) is 0 Å². The van der Waals surface area contributed by atoms with Gasteiger partial charge in [0.05, 0.1) is 6.54 Å². The molecule has 1 amide bonds. The van der Waals surface area contributed by atoms with Crippen molar-refractivity contribution in [2.24, 2.45) is 5.92 Å². The van der Waals surface area contributed by atoms with Crippen molar-refractivity contribution >= 4 is 30.2 Å². The van der Waals surface area contributed by atoms with E-state index in [1.54, 1.807) is 11.1 Å². The van der Waals surface area contributed by atoms with Crippen molar-refractivity contribution < 1.29 is 14.1 Å². The number of rotatable bonds is 5. The van der Waals surface area contributed by atoms with Crippen molar-refractivity contribution in [1.82, 2.24) is 10.1 Å². The van der Waals surface area contributed by atoms with E-state index in [4.69, 9.17) is 9.26 Å². The summed E-state index contributed by atoms with van der Waals surface area (Å²) in [6.45, 7) is 1.39. The van der Waals surface area contributed by atoms with Crippen LogP contribution in [0.2, 0.25) is 0 Å². The third-order valence-corrected chi connectivity index (χ3v) is 6.06. The lowest BCUT2D eigenvalue weighted by Crippen LogP contribution is -2.39. The van der Waals surface area contributed by atoms with Crippen LogP contribution in [-0.2, 0) is 4.74 Å². The number of carbonyl (C=O) groups is 1. The number of nitrogens with one attached hydrogen (secondary N) is 1. The quantitative estimate of drug-likeness (QED) is 0.590. The summed E-state index contributed by atoms with van der Waals surface area (Å²) in [6, 6.07) is 17.5. The number of anilines is 2. The van der Waals surface area contributed by atoms with E-state index < -0.39 is 5.60 Å². The minimum atomic E-state index is -0.391. The minimum Gasteiger partial charge on any atom is -0.441 e. The molecule has 2 aromatic heterocycles. The van der Waals surface area contributed by atoms with Gasteiger partial charge < -0.3 is 14.6 Å². The van der Waals surface area contributed by atoms with Crippen molar-refractivity contribution in [3.63, 3.8) is 0 Å². The van der Waals surface area contributed by atoms with Gasteiger partial charge >= 0.3 is 6.09 Å². The van der Waals surface area contributed by atoms with Crippen LogP contribution in [0.1, 0.15) is 25.7 Å². The Hall–Kier alpha value is -3.06. The summed E-state index contributed by atoms with van der Waals surface area (Å²) < 4.78 is 11.3. The Balaban J connectivity index is 0.00000231. The molecule has 31 heavy (non-hydrogen) atoms. The second kappa shape index (κ2) is 8.98. The molecule has 5 rings (SSSR count). The predicted octanol–water partition coefficient (Wildman–Crippen LogP) is 5.16. The molecule has 0 bridgehead atoms. The second-order valence-electron chi connectivity index (χ2n) is 8.09. The molecule has 8 heteroatoms. The van der Waals surface area contributed by atoms with E-state index in [9.17, 15) is 4.79 Å². The fraction of sp³-hybridized carbons (Fsp3) is 0.348. The number of aromatic nitrogens is 2. The third kappa shape index (κ3) is 4.51. The van der Waals surface area contributed by atoms with Gasteiger partial charge in [-0.2, -0.15) is 0 Å². The second-order valence-corrected chi connectivity index (χ2v) is 8.09. The zero-order chi connectivity index (χ0) is 20.4. The van der Waals surface area contributed by atoms with Crippen LogP contribution in [0.3, 0.4) is 0 Å². The van der Waals surface area contributed by atoms with Crippen LogP contribution in [0.4, 0.5) is 16.5 Å². The number of hydrogen-bond acceptors (Lipinski definition) is 6. The number of amides is 1. The number of halogens is 1.